The summed E-state index contributed by atoms with van der Waals surface area (Å²) in [5.74, 6) is -0.591. The molecule has 0 aliphatic carbocycles. The first-order valence-electron chi connectivity index (χ1n) is 9.57. The molecule has 1 aliphatic heterocycles. The summed E-state index contributed by atoms with van der Waals surface area (Å²) in [4.78, 5) is 31.1. The van der Waals surface area contributed by atoms with Gasteiger partial charge in [0.15, 0.2) is 0 Å². The van der Waals surface area contributed by atoms with Crippen molar-refractivity contribution in [2.45, 2.75) is 25.0 Å². The number of methoxy groups -OCH3 is 1. The predicted molar refractivity (Wildman–Crippen MR) is 108 cm³/mol. The number of fused-ring (bicyclic) bond motifs is 1. The van der Waals surface area contributed by atoms with Gasteiger partial charge in [-0.1, -0.05) is 42.5 Å². The Morgan fingerprint density at radius 3 is 2.72 bits per heavy atom. The number of hydrogen-bond donors (Lipinski definition) is 0. The molecule has 2 atom stereocenters. The molecule has 4 rings (SSSR count). The largest absolute Gasteiger partial charge is 0.467 e. The second-order valence-corrected chi connectivity index (χ2v) is 7.05. The van der Waals surface area contributed by atoms with Gasteiger partial charge in [-0.25, -0.2) is 9.59 Å². The lowest BCUT2D eigenvalue weighted by atomic mass is 9.91. The number of rotatable bonds is 4. The van der Waals surface area contributed by atoms with Gasteiger partial charge in [-0.2, -0.15) is 0 Å². The van der Waals surface area contributed by atoms with Crippen LogP contribution in [0.1, 0.15) is 23.5 Å². The molecule has 3 aromatic rings. The maximum atomic E-state index is 12.7. The Morgan fingerprint density at radius 2 is 1.93 bits per heavy atom. The standard InChI is InChI=1S/C23H22N2O4/c1-28-22(26)21-19(17-9-10-20-18(14-17)8-5-12-24-20)11-13-25(21)23(27)29-15-16-6-3-2-4-7-16/h2-10,12,14,19,21H,11,13,15H2,1H3/t19-,21+/m0/s1. The van der Waals surface area contributed by atoms with E-state index in [9.17, 15) is 9.59 Å². The van der Waals surface area contributed by atoms with Crippen molar-refractivity contribution in [3.8, 4) is 0 Å². The Labute approximate surface area is 169 Å². The van der Waals surface area contributed by atoms with Crippen molar-refractivity contribution in [2.75, 3.05) is 13.7 Å². The molecule has 6 nitrogen and oxygen atoms in total. The second kappa shape index (κ2) is 8.31. The van der Waals surface area contributed by atoms with E-state index in [0.717, 1.165) is 22.0 Å². The molecular weight excluding hydrogens is 368 g/mol. The van der Waals surface area contributed by atoms with Crippen LogP contribution in [0, 0.1) is 0 Å². The highest BCUT2D eigenvalue weighted by molar-refractivity contribution is 5.84. The van der Waals surface area contributed by atoms with Crippen LogP contribution in [0.25, 0.3) is 10.9 Å². The van der Waals surface area contributed by atoms with Crippen LogP contribution in [0.5, 0.6) is 0 Å². The minimum Gasteiger partial charge on any atom is -0.467 e. The number of nitrogens with zero attached hydrogens (tertiary/aromatic N) is 2. The maximum absolute atomic E-state index is 12.7. The molecule has 29 heavy (non-hydrogen) atoms. The summed E-state index contributed by atoms with van der Waals surface area (Å²) >= 11 is 0. The minimum atomic E-state index is -0.711. The van der Waals surface area contributed by atoms with Crippen molar-refractivity contribution in [1.82, 2.24) is 9.88 Å². The van der Waals surface area contributed by atoms with Gasteiger partial charge in [0.25, 0.3) is 0 Å². The molecule has 2 aromatic carbocycles. The van der Waals surface area contributed by atoms with Gasteiger partial charge in [-0.15, -0.1) is 0 Å². The minimum absolute atomic E-state index is 0.156. The Bertz CT molecular complexity index is 1020. The van der Waals surface area contributed by atoms with Crippen LogP contribution in [0.4, 0.5) is 4.79 Å². The van der Waals surface area contributed by atoms with E-state index in [1.807, 2.05) is 60.7 Å². The SMILES string of the molecule is COC(=O)[C@H]1[C@H](c2ccc3ncccc3c2)CCN1C(=O)OCc1ccccc1. The fourth-order valence-corrected chi connectivity index (χ4v) is 3.89. The average Bonchev–Trinajstić information content (AvgIpc) is 3.22. The van der Waals surface area contributed by atoms with Gasteiger partial charge in [-0.05, 0) is 35.7 Å². The molecule has 0 bridgehead atoms. The molecule has 0 unspecified atom stereocenters. The van der Waals surface area contributed by atoms with Gasteiger partial charge in [0.1, 0.15) is 12.6 Å². The average molecular weight is 390 g/mol. The summed E-state index contributed by atoms with van der Waals surface area (Å²) in [5.41, 5.74) is 2.77. The summed E-state index contributed by atoms with van der Waals surface area (Å²) < 4.78 is 10.5. The zero-order valence-electron chi connectivity index (χ0n) is 16.2. The van der Waals surface area contributed by atoms with Crippen molar-refractivity contribution >= 4 is 23.0 Å². The lowest BCUT2D eigenvalue weighted by Crippen LogP contribution is -2.43. The van der Waals surface area contributed by atoms with E-state index in [1.54, 1.807) is 6.20 Å². The molecule has 1 fully saturated rings. The number of carbonyl (C=O) groups is 2. The van der Waals surface area contributed by atoms with Crippen molar-refractivity contribution in [1.29, 1.82) is 0 Å². The molecule has 0 spiro atoms. The lowest BCUT2D eigenvalue weighted by Gasteiger charge is -2.25. The fourth-order valence-electron chi connectivity index (χ4n) is 3.89. The molecule has 0 saturated carbocycles. The van der Waals surface area contributed by atoms with Crippen molar-refractivity contribution in [2.24, 2.45) is 0 Å². The summed E-state index contributed by atoms with van der Waals surface area (Å²) in [6, 6.07) is 18.6. The zero-order chi connectivity index (χ0) is 20.2. The number of carbonyl (C=O) groups excluding carboxylic acids is 2. The number of aromatic nitrogens is 1. The number of benzene rings is 2. The van der Waals surface area contributed by atoms with Crippen LogP contribution >= 0.6 is 0 Å². The van der Waals surface area contributed by atoms with Crippen LogP contribution in [0.15, 0.2) is 66.9 Å². The monoisotopic (exact) mass is 390 g/mol. The number of ether oxygens (including phenoxy) is 2. The lowest BCUT2D eigenvalue weighted by molar-refractivity contribution is -0.145. The Hall–Kier alpha value is -3.41. The first-order chi connectivity index (χ1) is 14.2. The first kappa shape index (κ1) is 18.9. The maximum Gasteiger partial charge on any atom is 0.410 e. The highest BCUT2D eigenvalue weighted by Gasteiger charge is 2.44. The van der Waals surface area contributed by atoms with Gasteiger partial charge in [0.2, 0.25) is 0 Å². The van der Waals surface area contributed by atoms with Crippen molar-refractivity contribution in [3.63, 3.8) is 0 Å². The molecular formula is C23H22N2O4. The summed E-state index contributed by atoms with van der Waals surface area (Å²) in [6.07, 6.45) is 1.90. The van der Waals surface area contributed by atoms with Gasteiger partial charge < -0.3 is 9.47 Å². The number of esters is 1. The molecule has 1 aromatic heterocycles. The summed E-state index contributed by atoms with van der Waals surface area (Å²) in [5, 5.41) is 0.999. The molecule has 2 heterocycles. The Balaban J connectivity index is 1.55. The molecule has 1 saturated heterocycles. The predicted octanol–water partition coefficient (Wildman–Crippen LogP) is 3.90. The molecule has 1 amide bonds. The highest BCUT2D eigenvalue weighted by Crippen LogP contribution is 2.36. The Kier molecular flexibility index (Phi) is 5.42. The van der Waals surface area contributed by atoms with Crippen LogP contribution < -0.4 is 0 Å². The van der Waals surface area contributed by atoms with Gasteiger partial charge in [0, 0.05) is 24.0 Å². The van der Waals surface area contributed by atoms with Gasteiger partial charge in [-0.3, -0.25) is 9.88 Å². The highest BCUT2D eigenvalue weighted by atomic mass is 16.6. The second-order valence-electron chi connectivity index (χ2n) is 7.05. The number of pyridine rings is 1. The van der Waals surface area contributed by atoms with E-state index in [2.05, 4.69) is 4.98 Å². The fraction of sp³-hybridized carbons (Fsp3) is 0.261. The van der Waals surface area contributed by atoms with Gasteiger partial charge >= 0.3 is 12.1 Å². The molecule has 6 heteroatoms. The third-order valence-corrected chi connectivity index (χ3v) is 5.34. The third kappa shape index (κ3) is 3.92. The van der Waals surface area contributed by atoms with E-state index < -0.39 is 18.1 Å². The summed E-state index contributed by atoms with van der Waals surface area (Å²) in [7, 11) is 1.34. The quantitative estimate of drug-likeness (QED) is 0.632. The first-order valence-corrected chi connectivity index (χ1v) is 9.57. The number of likely N-dealkylation sites (tertiary alicyclic amines) is 1. The molecule has 148 valence electrons. The Morgan fingerprint density at radius 1 is 1.10 bits per heavy atom. The molecule has 0 N–H and O–H groups in total. The molecule has 1 aliphatic rings. The van der Waals surface area contributed by atoms with E-state index in [1.165, 1.54) is 12.0 Å². The van der Waals surface area contributed by atoms with Crippen LogP contribution in [0.2, 0.25) is 0 Å². The zero-order valence-corrected chi connectivity index (χ0v) is 16.2. The summed E-state index contributed by atoms with van der Waals surface area (Å²) in [6.45, 7) is 0.597. The van der Waals surface area contributed by atoms with Crippen molar-refractivity contribution < 1.29 is 19.1 Å². The van der Waals surface area contributed by atoms with E-state index in [4.69, 9.17) is 9.47 Å². The van der Waals surface area contributed by atoms with Crippen LogP contribution in [-0.4, -0.2) is 41.6 Å². The number of amides is 1. The third-order valence-electron chi connectivity index (χ3n) is 5.34. The number of hydrogen-bond acceptors (Lipinski definition) is 5. The van der Waals surface area contributed by atoms with Gasteiger partial charge in [0.05, 0.1) is 12.6 Å². The van der Waals surface area contributed by atoms with E-state index >= 15 is 0 Å². The van der Waals surface area contributed by atoms with Crippen LogP contribution in [0.3, 0.4) is 0 Å². The van der Waals surface area contributed by atoms with Crippen molar-refractivity contribution in [3.05, 3.63) is 78.0 Å². The molecule has 0 radical (unpaired) electrons. The van der Waals surface area contributed by atoms with Crippen LogP contribution in [-0.2, 0) is 20.9 Å². The van der Waals surface area contributed by atoms with E-state index in [-0.39, 0.29) is 12.5 Å². The van der Waals surface area contributed by atoms with E-state index in [0.29, 0.717) is 13.0 Å². The smallest absolute Gasteiger partial charge is 0.410 e. The topological polar surface area (TPSA) is 68.7 Å². The normalized spacial score (nSPS) is 18.6.